The highest BCUT2D eigenvalue weighted by atomic mass is 35.5. The maximum Gasteiger partial charge on any atom is 0.321 e. The fourth-order valence-electron chi connectivity index (χ4n) is 2.91. The molecule has 0 radical (unpaired) electrons. The first-order valence-corrected chi connectivity index (χ1v) is 9.30. The predicted molar refractivity (Wildman–Crippen MR) is 101 cm³/mol. The third-order valence-corrected chi connectivity index (χ3v) is 5.51. The van der Waals surface area contributed by atoms with E-state index in [4.69, 9.17) is 11.6 Å². The second-order valence-electron chi connectivity index (χ2n) is 6.22. The Morgan fingerprint density at radius 3 is 2.54 bits per heavy atom. The third kappa shape index (κ3) is 4.29. The summed E-state index contributed by atoms with van der Waals surface area (Å²) in [4.78, 5) is 18.0. The monoisotopic (exact) mass is 363 g/mol. The minimum Gasteiger partial charge on any atom is -0.322 e. The Bertz CT molecular complexity index is 723. The van der Waals surface area contributed by atoms with E-state index in [1.165, 1.54) is 10.4 Å². The highest BCUT2D eigenvalue weighted by molar-refractivity contribution is 7.16. The van der Waals surface area contributed by atoms with E-state index in [0.29, 0.717) is 0 Å². The summed E-state index contributed by atoms with van der Waals surface area (Å²) in [6.07, 6.45) is 0. The Labute approximate surface area is 152 Å². The molecule has 2 amide bonds. The minimum absolute atomic E-state index is 0.0132. The van der Waals surface area contributed by atoms with Crippen LogP contribution in [0.15, 0.2) is 30.3 Å². The van der Waals surface area contributed by atoms with E-state index in [0.717, 1.165) is 48.3 Å². The van der Waals surface area contributed by atoms with Crippen LogP contribution in [0.5, 0.6) is 0 Å². The van der Waals surface area contributed by atoms with Gasteiger partial charge in [0, 0.05) is 43.3 Å². The number of piperazine rings is 1. The SMILES string of the molecule is Cc1ccc(NC(=O)N2CCN(Cc3ccc(Cl)s3)CC2)c(C)c1. The number of carbonyl (C=O) groups excluding carboxylic acids is 1. The highest BCUT2D eigenvalue weighted by Crippen LogP contribution is 2.23. The molecule has 1 N–H and O–H groups in total. The van der Waals surface area contributed by atoms with Gasteiger partial charge in [-0.3, -0.25) is 4.90 Å². The van der Waals surface area contributed by atoms with Gasteiger partial charge in [-0.25, -0.2) is 4.79 Å². The van der Waals surface area contributed by atoms with Crippen molar-refractivity contribution in [3.63, 3.8) is 0 Å². The van der Waals surface area contributed by atoms with Gasteiger partial charge in [-0.05, 0) is 37.6 Å². The average molecular weight is 364 g/mol. The number of carbonyl (C=O) groups is 1. The normalized spacial score (nSPS) is 15.5. The molecule has 0 spiro atoms. The van der Waals surface area contributed by atoms with Gasteiger partial charge in [0.05, 0.1) is 4.34 Å². The van der Waals surface area contributed by atoms with Crippen molar-refractivity contribution < 1.29 is 4.79 Å². The summed E-state index contributed by atoms with van der Waals surface area (Å²) in [7, 11) is 0. The molecule has 1 aromatic heterocycles. The number of aryl methyl sites for hydroxylation is 2. The number of hydrogen-bond donors (Lipinski definition) is 1. The molecule has 24 heavy (non-hydrogen) atoms. The molecule has 0 unspecified atom stereocenters. The molecule has 0 saturated carbocycles. The van der Waals surface area contributed by atoms with Crippen LogP contribution in [0.3, 0.4) is 0 Å². The number of thiophene rings is 1. The van der Waals surface area contributed by atoms with Gasteiger partial charge in [0.15, 0.2) is 0 Å². The molecule has 6 heteroatoms. The number of urea groups is 1. The molecule has 1 aromatic carbocycles. The first kappa shape index (κ1) is 17.3. The minimum atomic E-state index is -0.0132. The van der Waals surface area contributed by atoms with Gasteiger partial charge in [0.2, 0.25) is 0 Å². The number of hydrogen-bond acceptors (Lipinski definition) is 3. The van der Waals surface area contributed by atoms with Crippen LogP contribution in [-0.2, 0) is 6.54 Å². The quantitative estimate of drug-likeness (QED) is 0.878. The lowest BCUT2D eigenvalue weighted by Gasteiger charge is -2.34. The second kappa shape index (κ2) is 7.55. The van der Waals surface area contributed by atoms with Crippen molar-refractivity contribution in [1.29, 1.82) is 0 Å². The number of nitrogens with one attached hydrogen (secondary N) is 1. The molecular weight excluding hydrogens is 342 g/mol. The van der Waals surface area contributed by atoms with Gasteiger partial charge in [-0.2, -0.15) is 0 Å². The van der Waals surface area contributed by atoms with Gasteiger partial charge < -0.3 is 10.2 Å². The van der Waals surface area contributed by atoms with Crippen molar-refractivity contribution >= 4 is 34.7 Å². The molecule has 0 atom stereocenters. The van der Waals surface area contributed by atoms with Gasteiger partial charge in [-0.1, -0.05) is 29.3 Å². The first-order valence-electron chi connectivity index (χ1n) is 8.11. The maximum absolute atomic E-state index is 12.5. The van der Waals surface area contributed by atoms with E-state index < -0.39 is 0 Å². The van der Waals surface area contributed by atoms with Crippen LogP contribution in [0.2, 0.25) is 4.34 Å². The number of benzene rings is 1. The zero-order chi connectivity index (χ0) is 17.1. The molecule has 3 rings (SSSR count). The lowest BCUT2D eigenvalue weighted by molar-refractivity contribution is 0.143. The lowest BCUT2D eigenvalue weighted by atomic mass is 10.1. The molecule has 2 heterocycles. The summed E-state index contributed by atoms with van der Waals surface area (Å²) < 4.78 is 0.830. The van der Waals surface area contributed by atoms with Crippen LogP contribution in [-0.4, -0.2) is 42.0 Å². The van der Waals surface area contributed by atoms with E-state index in [9.17, 15) is 4.79 Å². The number of halogens is 1. The summed E-state index contributed by atoms with van der Waals surface area (Å²) in [5, 5.41) is 3.03. The largest absolute Gasteiger partial charge is 0.322 e. The van der Waals surface area contributed by atoms with Gasteiger partial charge in [-0.15, -0.1) is 11.3 Å². The predicted octanol–water partition coefficient (Wildman–Crippen LogP) is 4.37. The van der Waals surface area contributed by atoms with E-state index in [1.807, 2.05) is 30.0 Å². The van der Waals surface area contributed by atoms with Gasteiger partial charge in [0.1, 0.15) is 0 Å². The molecule has 0 bridgehead atoms. The highest BCUT2D eigenvalue weighted by Gasteiger charge is 2.21. The van der Waals surface area contributed by atoms with Crippen LogP contribution >= 0.6 is 22.9 Å². The van der Waals surface area contributed by atoms with E-state index in [1.54, 1.807) is 11.3 Å². The molecule has 2 aromatic rings. The fourth-order valence-corrected chi connectivity index (χ4v) is 4.04. The Kier molecular flexibility index (Phi) is 5.43. The molecule has 1 fully saturated rings. The smallest absolute Gasteiger partial charge is 0.321 e. The van der Waals surface area contributed by atoms with E-state index >= 15 is 0 Å². The van der Waals surface area contributed by atoms with Crippen molar-refractivity contribution in [1.82, 2.24) is 9.80 Å². The number of amides is 2. The van der Waals surface area contributed by atoms with Crippen molar-refractivity contribution in [3.8, 4) is 0 Å². The first-order chi connectivity index (χ1) is 11.5. The zero-order valence-corrected chi connectivity index (χ0v) is 15.6. The zero-order valence-electron chi connectivity index (χ0n) is 14.0. The van der Waals surface area contributed by atoms with Crippen LogP contribution in [0, 0.1) is 13.8 Å². The third-order valence-electron chi connectivity index (χ3n) is 4.29. The molecule has 0 aliphatic carbocycles. The summed E-state index contributed by atoms with van der Waals surface area (Å²) in [5.41, 5.74) is 3.19. The molecular formula is C18H22ClN3OS. The Morgan fingerprint density at radius 2 is 1.92 bits per heavy atom. The maximum atomic E-state index is 12.5. The van der Waals surface area contributed by atoms with Gasteiger partial charge >= 0.3 is 6.03 Å². The molecule has 1 aliphatic heterocycles. The van der Waals surface area contributed by atoms with Crippen LogP contribution in [0.1, 0.15) is 16.0 Å². The Hall–Kier alpha value is -1.56. The van der Waals surface area contributed by atoms with E-state index in [-0.39, 0.29) is 6.03 Å². The van der Waals surface area contributed by atoms with Crippen LogP contribution < -0.4 is 5.32 Å². The summed E-state index contributed by atoms with van der Waals surface area (Å²) >= 11 is 7.61. The van der Waals surface area contributed by atoms with E-state index in [2.05, 4.69) is 29.3 Å². The second-order valence-corrected chi connectivity index (χ2v) is 8.02. The summed E-state index contributed by atoms with van der Waals surface area (Å²) in [5.74, 6) is 0. The van der Waals surface area contributed by atoms with Crippen molar-refractivity contribution in [3.05, 3.63) is 50.7 Å². The molecule has 1 aliphatic rings. The number of rotatable bonds is 3. The molecule has 128 valence electrons. The van der Waals surface area contributed by atoms with Crippen molar-refractivity contribution in [2.24, 2.45) is 0 Å². The van der Waals surface area contributed by atoms with Crippen molar-refractivity contribution in [2.45, 2.75) is 20.4 Å². The summed E-state index contributed by atoms with van der Waals surface area (Å²) in [6.45, 7) is 8.24. The van der Waals surface area contributed by atoms with Crippen molar-refractivity contribution in [2.75, 3.05) is 31.5 Å². The lowest BCUT2D eigenvalue weighted by Crippen LogP contribution is -2.49. The number of nitrogens with zero attached hydrogens (tertiary/aromatic N) is 2. The molecule has 1 saturated heterocycles. The Morgan fingerprint density at radius 1 is 1.17 bits per heavy atom. The Balaban J connectivity index is 1.51. The van der Waals surface area contributed by atoms with Gasteiger partial charge in [0.25, 0.3) is 0 Å². The number of anilines is 1. The van der Waals surface area contributed by atoms with Crippen LogP contribution in [0.4, 0.5) is 10.5 Å². The van der Waals surface area contributed by atoms with Crippen LogP contribution in [0.25, 0.3) is 0 Å². The molecule has 4 nitrogen and oxygen atoms in total. The summed E-state index contributed by atoms with van der Waals surface area (Å²) in [6, 6.07) is 10.1. The topological polar surface area (TPSA) is 35.6 Å². The fraction of sp³-hybridized carbons (Fsp3) is 0.389. The average Bonchev–Trinajstić information content (AvgIpc) is 2.96. The standard InChI is InChI=1S/C18H22ClN3OS/c1-13-3-5-16(14(2)11-13)20-18(23)22-9-7-21(8-10-22)12-15-4-6-17(19)24-15/h3-6,11H,7-10,12H2,1-2H3,(H,20,23).